The average molecular weight is 944 g/mol. The first-order valence-electron chi connectivity index (χ1n) is 21.8. The Balaban J connectivity index is 0.00000492. The summed E-state index contributed by atoms with van der Waals surface area (Å²) < 4.78 is 26.3. The Morgan fingerprint density at radius 2 is 0.594 bits per heavy atom. The minimum absolute atomic E-state index is 0. The topological polar surface area (TPSA) is 142 Å². The number of nitrogens with zero attached hydrogens (tertiary/aromatic N) is 8. The number of fused-ring (bicyclic) bond motifs is 20. The van der Waals surface area contributed by atoms with Crippen molar-refractivity contribution >= 4 is 44.1 Å². The normalized spacial score (nSPS) is 11.4. The van der Waals surface area contributed by atoms with Crippen LogP contribution in [0.4, 0.5) is 0 Å². The molecule has 0 spiro atoms. The van der Waals surface area contributed by atoms with E-state index < -0.39 is 0 Å². The number of hydrogen-bond donors (Lipinski definition) is 0. The zero-order valence-electron chi connectivity index (χ0n) is 36.0. The number of benzene rings is 8. The minimum Gasteiger partial charge on any atom is -0.457 e. The SMILES string of the molecule is [Cu+2].c1ccc(Oc2cccc3c2-c2nc-3nc3[n-]c(nc4nc(nc5[n-]c(n2)c2cccc(Oc6ccccc6)c52)-c2cccc(Oc5ccccc5)c2-4)c2cccc(Oc4ccccc4)c32)cc1. The molecular formula is C56H32CuN8O4. The largest absolute Gasteiger partial charge is 2.00 e. The maximum absolute atomic E-state index is 6.57. The van der Waals surface area contributed by atoms with Crippen molar-refractivity contribution in [3.05, 3.63) is 194 Å². The van der Waals surface area contributed by atoms with Crippen LogP contribution >= 0.6 is 0 Å². The summed E-state index contributed by atoms with van der Waals surface area (Å²) in [5, 5.41) is 2.63. The van der Waals surface area contributed by atoms with Crippen LogP contribution in [0.25, 0.3) is 89.7 Å². The Bertz CT molecular complexity index is 3670. The van der Waals surface area contributed by atoms with Crippen molar-refractivity contribution in [2.24, 2.45) is 0 Å². The predicted octanol–water partition coefficient (Wildman–Crippen LogP) is 13.3. The molecule has 2 aliphatic heterocycles. The van der Waals surface area contributed by atoms with E-state index in [4.69, 9.17) is 58.8 Å². The van der Waals surface area contributed by atoms with Crippen LogP contribution in [0.2, 0.25) is 0 Å². The van der Waals surface area contributed by atoms with E-state index in [1.54, 1.807) is 0 Å². The molecule has 0 amide bonds. The molecule has 0 aliphatic carbocycles. The third kappa shape index (κ3) is 7.53. The molecule has 331 valence electrons. The van der Waals surface area contributed by atoms with E-state index >= 15 is 0 Å². The molecule has 8 bridgehead atoms. The van der Waals surface area contributed by atoms with Crippen molar-refractivity contribution in [1.82, 2.24) is 39.9 Å². The van der Waals surface area contributed by atoms with E-state index in [1.165, 1.54) is 0 Å². The van der Waals surface area contributed by atoms with Crippen molar-refractivity contribution in [2.75, 3.05) is 0 Å². The fourth-order valence-electron chi connectivity index (χ4n) is 8.53. The number of rotatable bonds is 8. The van der Waals surface area contributed by atoms with Crippen LogP contribution in [0, 0.1) is 0 Å². The molecule has 2 aliphatic rings. The molecule has 3 aromatic heterocycles. The molecule has 13 heteroatoms. The van der Waals surface area contributed by atoms with Crippen molar-refractivity contribution < 1.29 is 36.0 Å². The van der Waals surface area contributed by atoms with Gasteiger partial charge in [-0.25, -0.2) is 9.97 Å². The van der Waals surface area contributed by atoms with E-state index in [-0.39, 0.29) is 17.1 Å². The zero-order chi connectivity index (χ0) is 45.0. The van der Waals surface area contributed by atoms with Crippen molar-refractivity contribution in [2.45, 2.75) is 0 Å². The minimum atomic E-state index is 0. The summed E-state index contributed by atoms with van der Waals surface area (Å²) in [6, 6.07) is 61.3. The predicted molar refractivity (Wildman–Crippen MR) is 260 cm³/mol. The monoisotopic (exact) mass is 943 g/mol. The van der Waals surface area contributed by atoms with E-state index in [0.717, 1.165) is 0 Å². The molecule has 11 aromatic rings. The second kappa shape index (κ2) is 17.2. The van der Waals surface area contributed by atoms with Gasteiger partial charge in [0.25, 0.3) is 0 Å². The Kier molecular flexibility index (Phi) is 10.3. The van der Waals surface area contributed by atoms with Crippen LogP contribution in [-0.4, -0.2) is 29.9 Å². The molecule has 12 nitrogen and oxygen atoms in total. The molecule has 0 saturated carbocycles. The summed E-state index contributed by atoms with van der Waals surface area (Å²) >= 11 is 0. The van der Waals surface area contributed by atoms with Crippen molar-refractivity contribution in [3.63, 3.8) is 0 Å². The second-order valence-electron chi connectivity index (χ2n) is 15.9. The third-order valence-electron chi connectivity index (χ3n) is 11.5. The van der Waals surface area contributed by atoms with Gasteiger partial charge in [0.15, 0.2) is 0 Å². The van der Waals surface area contributed by atoms with Gasteiger partial charge in [-0.3, -0.25) is 0 Å². The molecule has 0 N–H and O–H groups in total. The van der Waals surface area contributed by atoms with Crippen LogP contribution in [0.1, 0.15) is 0 Å². The van der Waals surface area contributed by atoms with Gasteiger partial charge in [-0.15, -0.1) is 0 Å². The summed E-state index contributed by atoms with van der Waals surface area (Å²) in [5.74, 6) is 6.10. The van der Waals surface area contributed by atoms with Gasteiger partial charge in [0.1, 0.15) is 46.0 Å². The van der Waals surface area contributed by atoms with E-state index in [1.807, 2.05) is 194 Å². The van der Waals surface area contributed by atoms with Crippen LogP contribution in [0.3, 0.4) is 0 Å². The van der Waals surface area contributed by atoms with Gasteiger partial charge in [-0.1, -0.05) is 121 Å². The van der Waals surface area contributed by atoms with Crippen molar-refractivity contribution in [1.29, 1.82) is 0 Å². The smallest absolute Gasteiger partial charge is 0.457 e. The molecule has 13 rings (SSSR count). The number of ether oxygens (including phenoxy) is 4. The fourth-order valence-corrected chi connectivity index (χ4v) is 8.53. The zero-order valence-corrected chi connectivity index (χ0v) is 36.9. The Morgan fingerprint density at radius 3 is 0.971 bits per heavy atom. The number of para-hydroxylation sites is 4. The summed E-state index contributed by atoms with van der Waals surface area (Å²) in [7, 11) is 0. The second-order valence-corrected chi connectivity index (χ2v) is 15.9. The quantitative estimate of drug-likeness (QED) is 0.134. The van der Waals surface area contributed by atoms with Crippen LogP contribution in [-0.2, 0) is 17.1 Å². The standard InChI is InChI=1S/C56H32N8O4.Cu/c1-5-17-33(18-6-1)65-41-29-13-25-37-45(41)53-57-49(37)62-54-47-39(27-15-31-43(47)67-35-21-9-3-10-22-35)51(59-54)64-56-48-40(28-16-32-44(48)68-36-23-11-4-12-24-36)52(60-56)63-55-46-38(50(58-55)61-53)26-14-30-42(46)66-34-19-7-2-8-20-34;/h1-32H;/q-2;+2. The van der Waals surface area contributed by atoms with Gasteiger partial charge in [0.05, 0.1) is 34.4 Å². The summed E-state index contributed by atoms with van der Waals surface area (Å²) in [6.07, 6.45) is 0. The first-order chi connectivity index (χ1) is 33.7. The van der Waals surface area contributed by atoms with Crippen LogP contribution < -0.4 is 28.9 Å². The molecule has 0 fully saturated rings. The molecule has 0 unspecified atom stereocenters. The molecule has 0 saturated heterocycles. The maximum atomic E-state index is 6.57. The molecule has 69 heavy (non-hydrogen) atoms. The Morgan fingerprint density at radius 1 is 0.275 bits per heavy atom. The third-order valence-corrected chi connectivity index (χ3v) is 11.5. The fraction of sp³-hybridized carbons (Fsp3) is 0. The molecule has 1 radical (unpaired) electrons. The number of aromatic nitrogens is 8. The van der Waals surface area contributed by atoms with Gasteiger partial charge in [-0.05, 0) is 83.6 Å². The average Bonchev–Trinajstić information content (AvgIpc) is 4.12. The van der Waals surface area contributed by atoms with Gasteiger partial charge >= 0.3 is 17.1 Å². The molecular weight excluding hydrogens is 912 g/mol. The summed E-state index contributed by atoms with van der Waals surface area (Å²) in [5.41, 5.74) is 4.01. The first kappa shape index (κ1) is 41.3. The van der Waals surface area contributed by atoms with E-state index in [9.17, 15) is 0 Å². The summed E-state index contributed by atoms with van der Waals surface area (Å²) in [6.45, 7) is 0. The van der Waals surface area contributed by atoms with Gasteiger partial charge in [0.2, 0.25) is 0 Å². The van der Waals surface area contributed by atoms with Gasteiger partial charge in [0, 0.05) is 44.5 Å². The molecule has 0 atom stereocenters. The van der Waals surface area contributed by atoms with Crippen molar-refractivity contribution in [3.8, 4) is 91.5 Å². The first-order valence-corrected chi connectivity index (χ1v) is 21.8. The molecule has 5 heterocycles. The molecule has 8 aromatic carbocycles. The van der Waals surface area contributed by atoms with Gasteiger partial charge in [-0.2, -0.15) is 0 Å². The Labute approximate surface area is 403 Å². The number of hydrogen-bond acceptors (Lipinski definition) is 10. The summed E-state index contributed by atoms with van der Waals surface area (Å²) in [4.78, 5) is 41.6. The van der Waals surface area contributed by atoms with E-state index in [0.29, 0.717) is 136 Å². The maximum Gasteiger partial charge on any atom is 2.00 e. The van der Waals surface area contributed by atoms with Gasteiger partial charge < -0.3 is 48.9 Å². The van der Waals surface area contributed by atoms with Crippen LogP contribution in [0.5, 0.6) is 46.0 Å². The van der Waals surface area contributed by atoms with Crippen LogP contribution in [0.15, 0.2) is 194 Å². The van der Waals surface area contributed by atoms with E-state index in [2.05, 4.69) is 0 Å². The Hall–Kier alpha value is -9.16.